The van der Waals surface area contributed by atoms with Gasteiger partial charge < -0.3 is 4.74 Å². The van der Waals surface area contributed by atoms with Gasteiger partial charge in [-0.15, -0.1) is 11.6 Å². The second-order valence-corrected chi connectivity index (χ2v) is 3.01. The van der Waals surface area contributed by atoms with Crippen LogP contribution in [0, 0.1) is 6.92 Å². The van der Waals surface area contributed by atoms with Gasteiger partial charge in [-0.05, 0) is 6.92 Å². The number of nitrogens with zero attached hydrogens (tertiary/aromatic N) is 1. The van der Waals surface area contributed by atoms with E-state index in [-0.39, 0.29) is 17.1 Å². The Balaban J connectivity index is 3.31. The SMILES string of the molecule is COc1cnc(CCl)c(C(F)F)c1C. The van der Waals surface area contributed by atoms with E-state index in [4.69, 9.17) is 16.3 Å². The molecule has 0 saturated carbocycles. The summed E-state index contributed by atoms with van der Waals surface area (Å²) in [5.74, 6) is 0.332. The van der Waals surface area contributed by atoms with Crippen LogP contribution in [0.25, 0.3) is 0 Å². The predicted molar refractivity (Wildman–Crippen MR) is 50.0 cm³/mol. The van der Waals surface area contributed by atoms with Gasteiger partial charge in [0, 0.05) is 11.1 Å². The summed E-state index contributed by atoms with van der Waals surface area (Å²) in [6.45, 7) is 1.57. The van der Waals surface area contributed by atoms with Crippen LogP contribution in [0.3, 0.4) is 0 Å². The van der Waals surface area contributed by atoms with Crippen LogP contribution in [-0.4, -0.2) is 12.1 Å². The third-order valence-corrected chi connectivity index (χ3v) is 2.24. The molecule has 0 unspecified atom stereocenters. The number of hydrogen-bond acceptors (Lipinski definition) is 2. The highest BCUT2D eigenvalue weighted by Gasteiger charge is 2.19. The predicted octanol–water partition coefficient (Wildman–Crippen LogP) is 3.08. The maximum Gasteiger partial charge on any atom is 0.266 e. The maximum absolute atomic E-state index is 12.6. The van der Waals surface area contributed by atoms with Crippen LogP contribution >= 0.6 is 11.6 Å². The number of ether oxygens (including phenoxy) is 1. The van der Waals surface area contributed by atoms with Crippen LogP contribution in [0.5, 0.6) is 5.75 Å². The fourth-order valence-corrected chi connectivity index (χ4v) is 1.47. The summed E-state index contributed by atoms with van der Waals surface area (Å²) in [5, 5.41) is 0. The standard InChI is InChI=1S/C9H10ClF2NO/c1-5-7(14-2)4-13-6(3-10)8(5)9(11)12/h4,9H,3H2,1-2H3. The second kappa shape index (κ2) is 4.55. The first kappa shape index (κ1) is 11.2. The Morgan fingerprint density at radius 1 is 1.57 bits per heavy atom. The van der Waals surface area contributed by atoms with Crippen molar-refractivity contribution in [1.29, 1.82) is 0 Å². The van der Waals surface area contributed by atoms with Gasteiger partial charge in [0.05, 0.1) is 24.9 Å². The third kappa shape index (κ3) is 1.95. The first-order valence-electron chi connectivity index (χ1n) is 3.98. The Labute approximate surface area is 85.9 Å². The number of hydrogen-bond donors (Lipinski definition) is 0. The van der Waals surface area contributed by atoms with Gasteiger partial charge >= 0.3 is 0 Å². The zero-order valence-electron chi connectivity index (χ0n) is 7.85. The molecule has 0 aliphatic heterocycles. The van der Waals surface area contributed by atoms with Crippen LogP contribution < -0.4 is 4.74 Å². The number of methoxy groups -OCH3 is 1. The molecule has 0 fully saturated rings. The molecule has 1 aromatic rings. The Morgan fingerprint density at radius 3 is 2.64 bits per heavy atom. The van der Waals surface area contributed by atoms with Crippen molar-refractivity contribution in [1.82, 2.24) is 4.98 Å². The summed E-state index contributed by atoms with van der Waals surface area (Å²) in [6.07, 6.45) is -1.18. The molecule has 0 radical (unpaired) electrons. The van der Waals surface area contributed by atoms with Gasteiger partial charge in [-0.25, -0.2) is 8.78 Å². The molecule has 0 atom stereocenters. The van der Waals surface area contributed by atoms with Gasteiger partial charge in [0.15, 0.2) is 0 Å². The lowest BCUT2D eigenvalue weighted by Gasteiger charge is -2.12. The van der Waals surface area contributed by atoms with Crippen molar-refractivity contribution >= 4 is 11.6 Å². The normalized spacial score (nSPS) is 10.7. The monoisotopic (exact) mass is 221 g/mol. The molecule has 0 amide bonds. The van der Waals surface area contributed by atoms with Gasteiger partial charge in [-0.3, -0.25) is 4.98 Å². The lowest BCUT2D eigenvalue weighted by atomic mass is 10.1. The van der Waals surface area contributed by atoms with E-state index in [0.717, 1.165) is 0 Å². The van der Waals surface area contributed by atoms with Crippen LogP contribution in [0.1, 0.15) is 23.2 Å². The van der Waals surface area contributed by atoms with E-state index in [2.05, 4.69) is 4.98 Å². The molecule has 1 rings (SSSR count). The number of pyridine rings is 1. The van der Waals surface area contributed by atoms with Crippen molar-refractivity contribution in [3.05, 3.63) is 23.0 Å². The Morgan fingerprint density at radius 2 is 2.21 bits per heavy atom. The molecule has 1 aromatic heterocycles. The van der Waals surface area contributed by atoms with Gasteiger partial charge in [-0.1, -0.05) is 0 Å². The average molecular weight is 222 g/mol. The second-order valence-electron chi connectivity index (χ2n) is 2.75. The Kier molecular flexibility index (Phi) is 3.63. The van der Waals surface area contributed by atoms with Crippen molar-refractivity contribution in [3.8, 4) is 5.75 Å². The molecule has 14 heavy (non-hydrogen) atoms. The molecular weight excluding hydrogens is 212 g/mol. The van der Waals surface area contributed by atoms with Crippen LogP contribution in [0.4, 0.5) is 8.78 Å². The van der Waals surface area contributed by atoms with E-state index in [0.29, 0.717) is 11.3 Å². The smallest absolute Gasteiger partial charge is 0.266 e. The van der Waals surface area contributed by atoms with Crippen LogP contribution in [-0.2, 0) is 5.88 Å². The molecule has 0 N–H and O–H groups in total. The summed E-state index contributed by atoms with van der Waals surface area (Å²) in [7, 11) is 1.42. The molecule has 5 heteroatoms. The fourth-order valence-electron chi connectivity index (χ4n) is 1.25. The van der Waals surface area contributed by atoms with E-state index in [1.165, 1.54) is 13.3 Å². The highest BCUT2D eigenvalue weighted by Crippen LogP contribution is 2.31. The molecule has 0 aliphatic rings. The molecule has 0 spiro atoms. The van der Waals surface area contributed by atoms with Gasteiger partial charge in [0.25, 0.3) is 6.43 Å². The van der Waals surface area contributed by atoms with Crippen molar-refractivity contribution in [3.63, 3.8) is 0 Å². The summed E-state index contributed by atoms with van der Waals surface area (Å²) < 4.78 is 30.2. The van der Waals surface area contributed by atoms with E-state index in [1.807, 2.05) is 0 Å². The van der Waals surface area contributed by atoms with Crippen molar-refractivity contribution in [2.45, 2.75) is 19.2 Å². The molecule has 0 bridgehead atoms. The van der Waals surface area contributed by atoms with Crippen LogP contribution in [0.2, 0.25) is 0 Å². The number of aromatic nitrogens is 1. The van der Waals surface area contributed by atoms with E-state index >= 15 is 0 Å². The molecule has 0 aromatic carbocycles. The topological polar surface area (TPSA) is 22.1 Å². The highest BCUT2D eigenvalue weighted by molar-refractivity contribution is 6.17. The van der Waals surface area contributed by atoms with E-state index in [9.17, 15) is 8.78 Å². The Bertz CT molecular complexity index is 331. The lowest BCUT2D eigenvalue weighted by molar-refractivity contribution is 0.148. The third-order valence-electron chi connectivity index (χ3n) is 1.99. The molecule has 1 heterocycles. The van der Waals surface area contributed by atoms with Gasteiger partial charge in [-0.2, -0.15) is 0 Å². The zero-order chi connectivity index (χ0) is 10.7. The summed E-state index contributed by atoms with van der Waals surface area (Å²) in [4.78, 5) is 3.81. The minimum atomic E-state index is -2.58. The zero-order valence-corrected chi connectivity index (χ0v) is 8.61. The lowest BCUT2D eigenvalue weighted by Crippen LogP contribution is -2.02. The quantitative estimate of drug-likeness (QED) is 0.732. The van der Waals surface area contributed by atoms with Gasteiger partial charge in [0.2, 0.25) is 0 Å². The van der Waals surface area contributed by atoms with Crippen molar-refractivity contribution < 1.29 is 13.5 Å². The summed E-state index contributed by atoms with van der Waals surface area (Å²) in [5.41, 5.74) is 0.479. The number of alkyl halides is 3. The maximum atomic E-state index is 12.6. The first-order valence-corrected chi connectivity index (χ1v) is 4.51. The molecular formula is C9H10ClF2NO. The minimum absolute atomic E-state index is 0.0233. The summed E-state index contributed by atoms with van der Waals surface area (Å²) >= 11 is 5.51. The first-order chi connectivity index (χ1) is 6.61. The average Bonchev–Trinajstić information content (AvgIpc) is 2.16. The van der Waals surface area contributed by atoms with Gasteiger partial charge in [0.1, 0.15) is 5.75 Å². The molecule has 78 valence electrons. The number of rotatable bonds is 3. The van der Waals surface area contributed by atoms with E-state index < -0.39 is 6.43 Å². The minimum Gasteiger partial charge on any atom is -0.495 e. The molecule has 2 nitrogen and oxygen atoms in total. The van der Waals surface area contributed by atoms with Crippen molar-refractivity contribution in [2.24, 2.45) is 0 Å². The van der Waals surface area contributed by atoms with Crippen molar-refractivity contribution in [2.75, 3.05) is 7.11 Å². The summed E-state index contributed by atoms with van der Waals surface area (Å²) in [6, 6.07) is 0. The molecule has 0 aliphatic carbocycles. The van der Waals surface area contributed by atoms with Crippen LogP contribution in [0.15, 0.2) is 6.20 Å². The number of halogens is 3. The Hall–Kier alpha value is -0.900. The largest absolute Gasteiger partial charge is 0.495 e. The highest BCUT2D eigenvalue weighted by atomic mass is 35.5. The van der Waals surface area contributed by atoms with E-state index in [1.54, 1.807) is 6.92 Å². The molecule has 0 saturated heterocycles. The fraction of sp³-hybridized carbons (Fsp3) is 0.444.